The Morgan fingerprint density at radius 3 is 2.92 bits per heavy atom. The van der Waals surface area contributed by atoms with Crippen LogP contribution < -0.4 is 15.4 Å². The molecule has 0 bridgehead atoms. The lowest BCUT2D eigenvalue weighted by molar-refractivity contribution is -0.130. The van der Waals surface area contributed by atoms with E-state index in [0.29, 0.717) is 25.3 Å². The smallest absolute Gasteiger partial charge is 0.315 e. The Labute approximate surface area is 148 Å². The molecule has 0 spiro atoms. The third-order valence-electron chi connectivity index (χ3n) is 4.20. The van der Waals surface area contributed by atoms with Gasteiger partial charge in [-0.3, -0.25) is 4.79 Å². The van der Waals surface area contributed by atoms with Crippen molar-refractivity contribution in [2.75, 3.05) is 26.3 Å². The molecule has 7 nitrogen and oxygen atoms in total. The second kappa shape index (κ2) is 9.88. The van der Waals surface area contributed by atoms with E-state index in [1.165, 1.54) is 0 Å². The van der Waals surface area contributed by atoms with E-state index in [-0.39, 0.29) is 31.1 Å². The second-order valence-corrected chi connectivity index (χ2v) is 6.19. The maximum Gasteiger partial charge on any atom is 0.315 e. The van der Waals surface area contributed by atoms with Gasteiger partial charge in [-0.15, -0.1) is 0 Å². The number of aliphatic hydroxyl groups excluding tert-OH is 1. The lowest BCUT2D eigenvalue weighted by atomic mass is 10.2. The van der Waals surface area contributed by atoms with E-state index in [9.17, 15) is 9.59 Å². The van der Waals surface area contributed by atoms with Gasteiger partial charge >= 0.3 is 6.03 Å². The zero-order chi connectivity index (χ0) is 18.1. The first-order valence-electron chi connectivity index (χ1n) is 8.74. The zero-order valence-corrected chi connectivity index (χ0v) is 14.7. The van der Waals surface area contributed by atoms with E-state index in [4.69, 9.17) is 9.84 Å². The predicted octanol–water partition coefficient (Wildman–Crippen LogP) is 1.26. The van der Waals surface area contributed by atoms with Crippen LogP contribution in [0.1, 0.15) is 31.7 Å². The number of ether oxygens (including phenoxy) is 1. The van der Waals surface area contributed by atoms with E-state index in [0.717, 1.165) is 24.9 Å². The maximum atomic E-state index is 12.1. The average Bonchev–Trinajstić information content (AvgIpc) is 3.04. The van der Waals surface area contributed by atoms with E-state index in [1.54, 1.807) is 0 Å². The van der Waals surface area contributed by atoms with Gasteiger partial charge in [0.1, 0.15) is 5.75 Å². The van der Waals surface area contributed by atoms with Crippen molar-refractivity contribution < 1.29 is 19.4 Å². The molecule has 1 aliphatic heterocycles. The van der Waals surface area contributed by atoms with Crippen LogP contribution in [0.3, 0.4) is 0 Å². The summed E-state index contributed by atoms with van der Waals surface area (Å²) in [7, 11) is 0. The van der Waals surface area contributed by atoms with E-state index < -0.39 is 0 Å². The quantitative estimate of drug-likeness (QED) is 0.616. The Morgan fingerprint density at radius 1 is 1.36 bits per heavy atom. The minimum absolute atomic E-state index is 0.0144. The lowest BCUT2D eigenvalue weighted by Crippen LogP contribution is -2.44. The monoisotopic (exact) mass is 349 g/mol. The molecule has 3 amide bonds. The molecule has 1 aliphatic rings. The van der Waals surface area contributed by atoms with Gasteiger partial charge < -0.3 is 25.4 Å². The molecule has 3 N–H and O–H groups in total. The fourth-order valence-electron chi connectivity index (χ4n) is 2.81. The summed E-state index contributed by atoms with van der Waals surface area (Å²) < 4.78 is 5.50. The van der Waals surface area contributed by atoms with Gasteiger partial charge in [0.05, 0.1) is 13.2 Å². The number of aliphatic hydroxyl groups is 1. The Morgan fingerprint density at radius 2 is 2.20 bits per heavy atom. The summed E-state index contributed by atoms with van der Waals surface area (Å²) in [6, 6.07) is 7.29. The minimum Gasteiger partial charge on any atom is -0.493 e. The number of carbonyl (C=O) groups excluding carboxylic acids is 2. The first kappa shape index (κ1) is 19.1. The highest BCUT2D eigenvalue weighted by atomic mass is 16.5. The Hall–Kier alpha value is -2.28. The molecule has 1 fully saturated rings. The highest BCUT2D eigenvalue weighted by molar-refractivity contribution is 5.84. The van der Waals surface area contributed by atoms with Crippen molar-refractivity contribution >= 4 is 11.9 Å². The van der Waals surface area contributed by atoms with Crippen molar-refractivity contribution in [3.63, 3.8) is 0 Å². The van der Waals surface area contributed by atoms with Crippen LogP contribution in [0.5, 0.6) is 5.75 Å². The molecule has 0 saturated carbocycles. The van der Waals surface area contributed by atoms with E-state index in [1.807, 2.05) is 36.1 Å². The zero-order valence-electron chi connectivity index (χ0n) is 14.7. The molecule has 25 heavy (non-hydrogen) atoms. The number of carbonyl (C=O) groups is 2. The van der Waals surface area contributed by atoms with Crippen LogP contribution in [0, 0.1) is 0 Å². The molecule has 138 valence electrons. The summed E-state index contributed by atoms with van der Waals surface area (Å²) >= 11 is 0. The van der Waals surface area contributed by atoms with Crippen LogP contribution >= 0.6 is 0 Å². The molecule has 0 radical (unpaired) electrons. The van der Waals surface area contributed by atoms with Gasteiger partial charge in [-0.05, 0) is 37.5 Å². The molecule has 1 unspecified atom stereocenters. The molecule has 0 aromatic heterocycles. The number of nitrogens with one attached hydrogen (secondary N) is 2. The molecule has 1 aromatic rings. The van der Waals surface area contributed by atoms with Crippen LogP contribution in [0.4, 0.5) is 4.79 Å². The normalized spacial score (nSPS) is 16.6. The highest BCUT2D eigenvalue weighted by Crippen LogP contribution is 2.16. The fraction of sp³-hybridized carbons (Fsp3) is 0.556. The van der Waals surface area contributed by atoms with Crippen molar-refractivity contribution in [1.82, 2.24) is 15.5 Å². The molecule has 1 heterocycles. The molecular formula is C18H27N3O4. The number of urea groups is 1. The number of hydrogen-bond acceptors (Lipinski definition) is 4. The van der Waals surface area contributed by atoms with Gasteiger partial charge in [-0.25, -0.2) is 4.79 Å². The Bertz CT molecular complexity index is 579. The minimum atomic E-state index is -0.369. The van der Waals surface area contributed by atoms with Gasteiger partial charge in [0, 0.05) is 32.2 Å². The highest BCUT2D eigenvalue weighted by Gasteiger charge is 2.24. The molecule has 0 aliphatic carbocycles. The van der Waals surface area contributed by atoms with Crippen molar-refractivity contribution in [3.05, 3.63) is 29.8 Å². The average molecular weight is 349 g/mol. The topological polar surface area (TPSA) is 90.9 Å². The number of hydrogen-bond donors (Lipinski definition) is 3. The first-order chi connectivity index (χ1) is 12.1. The molecule has 7 heteroatoms. The predicted molar refractivity (Wildman–Crippen MR) is 94.3 cm³/mol. The number of nitrogens with zero attached hydrogens (tertiary/aromatic N) is 1. The molecule has 1 aromatic carbocycles. The van der Waals surface area contributed by atoms with E-state index in [2.05, 4.69) is 10.6 Å². The largest absolute Gasteiger partial charge is 0.493 e. The van der Waals surface area contributed by atoms with Crippen LogP contribution in [0.25, 0.3) is 0 Å². The Kier molecular flexibility index (Phi) is 7.53. The van der Waals surface area contributed by atoms with Crippen LogP contribution in [-0.4, -0.2) is 54.3 Å². The van der Waals surface area contributed by atoms with Crippen molar-refractivity contribution in [1.29, 1.82) is 0 Å². The lowest BCUT2D eigenvalue weighted by Gasteiger charge is -2.21. The van der Waals surface area contributed by atoms with Gasteiger partial charge in [0.2, 0.25) is 5.91 Å². The van der Waals surface area contributed by atoms with Crippen LogP contribution in [0.15, 0.2) is 24.3 Å². The summed E-state index contributed by atoms with van der Waals surface area (Å²) in [4.78, 5) is 25.7. The maximum absolute atomic E-state index is 12.1. The van der Waals surface area contributed by atoms with Gasteiger partial charge in [0.15, 0.2) is 0 Å². The SMILES string of the molecule is CC1CCCN1C(=O)CNC(=O)NCc1cccc(OCCCO)c1. The van der Waals surface area contributed by atoms with Crippen LogP contribution in [0.2, 0.25) is 0 Å². The summed E-state index contributed by atoms with van der Waals surface area (Å²) in [6.45, 7) is 3.70. The molecular weight excluding hydrogens is 322 g/mol. The number of rotatable bonds is 8. The summed E-state index contributed by atoms with van der Waals surface area (Å²) in [5, 5.41) is 14.1. The Balaban J connectivity index is 1.70. The fourth-order valence-corrected chi connectivity index (χ4v) is 2.81. The number of amides is 3. The standard InChI is InChI=1S/C18H27N3O4/c1-14-5-3-8-21(14)17(23)13-20-18(24)19-12-15-6-2-7-16(11-15)25-10-4-9-22/h2,6-7,11,14,22H,3-5,8-10,12-13H2,1H3,(H2,19,20,24). The van der Waals surface area contributed by atoms with Crippen LogP contribution in [-0.2, 0) is 11.3 Å². The van der Waals surface area contributed by atoms with Gasteiger partial charge in [0.25, 0.3) is 0 Å². The van der Waals surface area contributed by atoms with Gasteiger partial charge in [-0.1, -0.05) is 12.1 Å². The molecule has 2 rings (SSSR count). The van der Waals surface area contributed by atoms with Crippen molar-refractivity contribution in [2.24, 2.45) is 0 Å². The number of benzene rings is 1. The summed E-state index contributed by atoms with van der Waals surface area (Å²) in [6.07, 6.45) is 2.62. The third-order valence-corrected chi connectivity index (χ3v) is 4.20. The molecule has 1 saturated heterocycles. The van der Waals surface area contributed by atoms with Gasteiger partial charge in [-0.2, -0.15) is 0 Å². The summed E-state index contributed by atoms with van der Waals surface area (Å²) in [5.41, 5.74) is 0.899. The second-order valence-electron chi connectivity index (χ2n) is 6.19. The molecule has 1 atom stereocenters. The van der Waals surface area contributed by atoms with E-state index >= 15 is 0 Å². The summed E-state index contributed by atoms with van der Waals surface area (Å²) in [5.74, 6) is 0.658. The third kappa shape index (κ3) is 6.26. The van der Waals surface area contributed by atoms with Crippen molar-refractivity contribution in [2.45, 2.75) is 38.8 Å². The first-order valence-corrected chi connectivity index (χ1v) is 8.74. The number of likely N-dealkylation sites (tertiary alicyclic amines) is 1. The van der Waals surface area contributed by atoms with Crippen molar-refractivity contribution in [3.8, 4) is 5.75 Å².